The lowest BCUT2D eigenvalue weighted by molar-refractivity contribution is -0.122. The number of ether oxygens (including phenoxy) is 1. The molecule has 0 spiro atoms. The summed E-state index contributed by atoms with van der Waals surface area (Å²) in [5.41, 5.74) is 1.73. The van der Waals surface area contributed by atoms with Crippen molar-refractivity contribution in [3.63, 3.8) is 0 Å². The fraction of sp³-hybridized carbons (Fsp3) is 0.350. The molecule has 0 atom stereocenters. The predicted molar refractivity (Wildman–Crippen MR) is 104 cm³/mol. The zero-order chi connectivity index (χ0) is 17.9. The minimum absolute atomic E-state index is 0.0975. The summed E-state index contributed by atoms with van der Waals surface area (Å²) in [6.45, 7) is 0.452. The van der Waals surface area contributed by atoms with E-state index in [9.17, 15) is 4.79 Å². The Kier molecular flexibility index (Phi) is 4.84. The number of carbonyl (C=O) groups excluding carboxylic acids is 1. The van der Waals surface area contributed by atoms with Gasteiger partial charge in [-0.15, -0.1) is 0 Å². The van der Waals surface area contributed by atoms with Crippen LogP contribution in [-0.4, -0.2) is 23.0 Å². The quantitative estimate of drug-likeness (QED) is 0.670. The maximum absolute atomic E-state index is 13.2. The van der Waals surface area contributed by atoms with Gasteiger partial charge in [0.05, 0.1) is 29.6 Å². The standard InChI is InChI=1S/C20H21N3O2S/c1-25-16-9-10-18-17(12-16)22-20(26-18)23(13-15-8-4-5-11-21-15)19(24)14-6-2-3-7-14/h4-5,8-12,14H,2-3,6-7,13H2,1H3. The molecule has 0 aliphatic heterocycles. The summed E-state index contributed by atoms with van der Waals surface area (Å²) in [5.74, 6) is 1.03. The lowest BCUT2D eigenvalue weighted by atomic mass is 10.1. The van der Waals surface area contributed by atoms with E-state index in [2.05, 4.69) is 4.98 Å². The number of benzene rings is 1. The minimum atomic E-state index is 0.0975. The summed E-state index contributed by atoms with van der Waals surface area (Å²) in [5, 5.41) is 0.732. The molecule has 2 heterocycles. The molecule has 26 heavy (non-hydrogen) atoms. The SMILES string of the molecule is COc1ccc2sc(N(Cc3ccccn3)C(=O)C3CCCC3)nc2c1. The average Bonchev–Trinajstić information content (AvgIpc) is 3.35. The highest BCUT2D eigenvalue weighted by Crippen LogP contribution is 2.34. The van der Waals surface area contributed by atoms with Gasteiger partial charge in [0.1, 0.15) is 5.75 Å². The van der Waals surface area contributed by atoms with E-state index in [0.717, 1.165) is 52.5 Å². The lowest BCUT2D eigenvalue weighted by Crippen LogP contribution is -2.35. The molecule has 0 radical (unpaired) electrons. The Labute approximate surface area is 156 Å². The highest BCUT2D eigenvalue weighted by atomic mass is 32.1. The number of carbonyl (C=O) groups is 1. The summed E-state index contributed by atoms with van der Waals surface area (Å²) >= 11 is 1.54. The van der Waals surface area contributed by atoms with Gasteiger partial charge in [-0.3, -0.25) is 14.7 Å². The van der Waals surface area contributed by atoms with Gasteiger partial charge in [0, 0.05) is 18.2 Å². The molecule has 0 bridgehead atoms. The van der Waals surface area contributed by atoms with Crippen LogP contribution in [0.15, 0.2) is 42.6 Å². The van der Waals surface area contributed by atoms with Crippen molar-refractivity contribution in [1.29, 1.82) is 0 Å². The van der Waals surface area contributed by atoms with Crippen LogP contribution < -0.4 is 9.64 Å². The van der Waals surface area contributed by atoms with Crippen molar-refractivity contribution in [2.24, 2.45) is 5.92 Å². The molecule has 6 heteroatoms. The van der Waals surface area contributed by atoms with E-state index in [4.69, 9.17) is 9.72 Å². The molecule has 3 aromatic rings. The molecule has 0 N–H and O–H groups in total. The first-order chi connectivity index (χ1) is 12.7. The van der Waals surface area contributed by atoms with Crippen molar-refractivity contribution in [2.75, 3.05) is 12.0 Å². The Morgan fingerprint density at radius 1 is 1.27 bits per heavy atom. The van der Waals surface area contributed by atoms with Crippen LogP contribution >= 0.6 is 11.3 Å². The lowest BCUT2D eigenvalue weighted by Gasteiger charge is -2.22. The largest absolute Gasteiger partial charge is 0.497 e. The topological polar surface area (TPSA) is 55.3 Å². The number of anilines is 1. The number of methoxy groups -OCH3 is 1. The van der Waals surface area contributed by atoms with Crippen molar-refractivity contribution in [1.82, 2.24) is 9.97 Å². The van der Waals surface area contributed by atoms with E-state index in [0.29, 0.717) is 6.54 Å². The second kappa shape index (κ2) is 7.41. The van der Waals surface area contributed by atoms with E-state index in [1.807, 2.05) is 41.3 Å². The van der Waals surface area contributed by atoms with Gasteiger partial charge >= 0.3 is 0 Å². The van der Waals surface area contributed by atoms with E-state index in [1.165, 1.54) is 0 Å². The van der Waals surface area contributed by atoms with E-state index < -0.39 is 0 Å². The molecule has 1 aliphatic rings. The molecule has 0 unspecified atom stereocenters. The molecule has 5 nitrogen and oxygen atoms in total. The molecule has 4 rings (SSSR count). The van der Waals surface area contributed by atoms with E-state index in [-0.39, 0.29) is 11.8 Å². The Balaban J connectivity index is 1.70. The van der Waals surface area contributed by atoms with Crippen LogP contribution in [0.2, 0.25) is 0 Å². The van der Waals surface area contributed by atoms with Gasteiger partial charge in [-0.2, -0.15) is 0 Å². The van der Waals surface area contributed by atoms with Gasteiger partial charge in [0.25, 0.3) is 0 Å². The second-order valence-corrected chi connectivity index (χ2v) is 7.57. The van der Waals surface area contributed by atoms with Crippen molar-refractivity contribution < 1.29 is 9.53 Å². The number of pyridine rings is 1. The third-order valence-electron chi connectivity index (χ3n) is 4.83. The third-order valence-corrected chi connectivity index (χ3v) is 5.89. The summed E-state index contributed by atoms with van der Waals surface area (Å²) in [7, 11) is 1.64. The van der Waals surface area contributed by atoms with Crippen LogP contribution in [0.25, 0.3) is 10.2 Å². The number of aromatic nitrogens is 2. The first kappa shape index (κ1) is 17.0. The molecular weight excluding hydrogens is 346 g/mol. The number of hydrogen-bond donors (Lipinski definition) is 0. The maximum Gasteiger partial charge on any atom is 0.232 e. The monoisotopic (exact) mass is 367 g/mol. The van der Waals surface area contributed by atoms with Gasteiger partial charge in [-0.25, -0.2) is 4.98 Å². The van der Waals surface area contributed by atoms with E-state index in [1.54, 1.807) is 24.6 Å². The third kappa shape index (κ3) is 3.42. The van der Waals surface area contributed by atoms with Crippen molar-refractivity contribution in [2.45, 2.75) is 32.2 Å². The zero-order valence-corrected chi connectivity index (χ0v) is 15.5. The number of nitrogens with zero attached hydrogens (tertiary/aromatic N) is 3. The van der Waals surface area contributed by atoms with Crippen LogP contribution in [0.1, 0.15) is 31.4 Å². The summed E-state index contributed by atoms with van der Waals surface area (Å²) in [6.07, 6.45) is 5.96. The van der Waals surface area contributed by atoms with Crippen LogP contribution in [0, 0.1) is 5.92 Å². The number of fused-ring (bicyclic) bond motifs is 1. The van der Waals surface area contributed by atoms with Crippen molar-refractivity contribution in [3.05, 3.63) is 48.3 Å². The number of rotatable bonds is 5. The molecular formula is C20H21N3O2S. The normalized spacial score (nSPS) is 14.7. The minimum Gasteiger partial charge on any atom is -0.497 e. The predicted octanol–water partition coefficient (Wildman–Crippen LogP) is 4.42. The smallest absolute Gasteiger partial charge is 0.232 e. The molecule has 1 aromatic carbocycles. The van der Waals surface area contributed by atoms with Gasteiger partial charge in [0.15, 0.2) is 5.13 Å². The Hall–Kier alpha value is -2.47. The Morgan fingerprint density at radius 2 is 2.12 bits per heavy atom. The number of thiazole rings is 1. The maximum atomic E-state index is 13.2. The van der Waals surface area contributed by atoms with Gasteiger partial charge in [-0.1, -0.05) is 30.2 Å². The van der Waals surface area contributed by atoms with Crippen LogP contribution in [0.5, 0.6) is 5.75 Å². The first-order valence-corrected chi connectivity index (χ1v) is 9.72. The summed E-state index contributed by atoms with van der Waals surface area (Å²) < 4.78 is 6.34. The molecule has 1 fully saturated rings. The van der Waals surface area contributed by atoms with Crippen LogP contribution in [0.4, 0.5) is 5.13 Å². The highest BCUT2D eigenvalue weighted by molar-refractivity contribution is 7.22. The summed E-state index contributed by atoms with van der Waals surface area (Å²) in [4.78, 5) is 24.1. The van der Waals surface area contributed by atoms with E-state index >= 15 is 0 Å². The Bertz CT molecular complexity index is 904. The molecule has 1 amide bonds. The fourth-order valence-corrected chi connectivity index (χ4v) is 4.37. The van der Waals surface area contributed by atoms with Crippen molar-refractivity contribution in [3.8, 4) is 5.75 Å². The van der Waals surface area contributed by atoms with Gasteiger partial charge < -0.3 is 4.74 Å². The molecule has 0 saturated heterocycles. The number of hydrogen-bond acceptors (Lipinski definition) is 5. The fourth-order valence-electron chi connectivity index (χ4n) is 3.42. The summed E-state index contributed by atoms with van der Waals surface area (Å²) in [6, 6.07) is 11.6. The second-order valence-electron chi connectivity index (χ2n) is 6.56. The highest BCUT2D eigenvalue weighted by Gasteiger charge is 2.30. The van der Waals surface area contributed by atoms with Gasteiger partial charge in [0.2, 0.25) is 5.91 Å². The average molecular weight is 367 g/mol. The molecule has 1 saturated carbocycles. The van der Waals surface area contributed by atoms with Crippen molar-refractivity contribution >= 4 is 32.6 Å². The number of amides is 1. The van der Waals surface area contributed by atoms with Crippen LogP contribution in [0.3, 0.4) is 0 Å². The molecule has 134 valence electrons. The van der Waals surface area contributed by atoms with Gasteiger partial charge in [-0.05, 0) is 37.1 Å². The zero-order valence-electron chi connectivity index (χ0n) is 14.7. The molecule has 1 aliphatic carbocycles. The first-order valence-electron chi connectivity index (χ1n) is 8.90. The Morgan fingerprint density at radius 3 is 2.85 bits per heavy atom. The van der Waals surface area contributed by atoms with Crippen LogP contribution in [-0.2, 0) is 11.3 Å². The molecule has 2 aromatic heterocycles.